The van der Waals surface area contributed by atoms with Crippen molar-refractivity contribution in [2.24, 2.45) is 5.41 Å². The second kappa shape index (κ2) is 2.79. The summed E-state index contributed by atoms with van der Waals surface area (Å²) in [5.41, 5.74) is 9.16. The van der Waals surface area contributed by atoms with Gasteiger partial charge in [0, 0.05) is 11.7 Å². The maximum absolute atomic E-state index is 9.03. The van der Waals surface area contributed by atoms with Crippen molar-refractivity contribution >= 4 is 5.82 Å². The molecule has 0 aromatic carbocycles. The van der Waals surface area contributed by atoms with E-state index < -0.39 is 0 Å². The summed E-state index contributed by atoms with van der Waals surface area (Å²) in [6.45, 7) is 8.48. The van der Waals surface area contributed by atoms with Crippen molar-refractivity contribution in [3.8, 4) is 6.07 Å². The number of nitrogens with zero attached hydrogens (tertiary/aromatic N) is 2. The second-order valence-electron chi connectivity index (χ2n) is 5.16. The van der Waals surface area contributed by atoms with Crippen molar-refractivity contribution in [2.45, 2.75) is 40.2 Å². The highest BCUT2D eigenvalue weighted by molar-refractivity contribution is 5.58. The van der Waals surface area contributed by atoms with Crippen molar-refractivity contribution in [1.82, 2.24) is 4.57 Å². The second-order valence-corrected chi connectivity index (χ2v) is 5.16. The first-order chi connectivity index (χ1) is 6.90. The van der Waals surface area contributed by atoms with E-state index in [-0.39, 0.29) is 0 Å². The lowest BCUT2D eigenvalue weighted by Gasteiger charge is -2.10. The van der Waals surface area contributed by atoms with E-state index in [1.54, 1.807) is 0 Å². The van der Waals surface area contributed by atoms with Crippen LogP contribution in [0.25, 0.3) is 0 Å². The molecule has 1 fully saturated rings. The molecule has 80 valence electrons. The van der Waals surface area contributed by atoms with Crippen LogP contribution in [0.5, 0.6) is 0 Å². The first-order valence-corrected chi connectivity index (χ1v) is 5.27. The molecule has 2 rings (SSSR count). The third-order valence-electron chi connectivity index (χ3n) is 3.68. The van der Waals surface area contributed by atoms with Crippen molar-refractivity contribution in [1.29, 1.82) is 5.26 Å². The maximum atomic E-state index is 9.03. The molecule has 1 aliphatic rings. The number of rotatable bonds is 1. The molecular weight excluding hydrogens is 186 g/mol. The van der Waals surface area contributed by atoms with E-state index in [0.29, 0.717) is 22.8 Å². The lowest BCUT2D eigenvalue weighted by Crippen LogP contribution is -2.06. The van der Waals surface area contributed by atoms with Gasteiger partial charge in [0.1, 0.15) is 11.9 Å². The zero-order valence-electron chi connectivity index (χ0n) is 9.76. The number of hydrogen-bond donors (Lipinski definition) is 1. The molecule has 0 radical (unpaired) electrons. The molecule has 3 heteroatoms. The fraction of sp³-hybridized carbons (Fsp3) is 0.583. The SMILES string of the molecule is Cc1c(C#N)c(N)n(C2CC2(C)C)c1C. The molecule has 15 heavy (non-hydrogen) atoms. The highest BCUT2D eigenvalue weighted by Crippen LogP contribution is 2.57. The molecule has 1 atom stereocenters. The zero-order chi connectivity index (χ0) is 11.4. The van der Waals surface area contributed by atoms with Crippen LogP contribution in [0.4, 0.5) is 5.82 Å². The Morgan fingerprint density at radius 1 is 1.47 bits per heavy atom. The van der Waals surface area contributed by atoms with E-state index in [0.717, 1.165) is 17.7 Å². The predicted octanol–water partition coefficient (Wildman–Crippen LogP) is 2.53. The summed E-state index contributed by atoms with van der Waals surface area (Å²) < 4.78 is 2.13. The summed E-state index contributed by atoms with van der Waals surface area (Å²) >= 11 is 0. The summed E-state index contributed by atoms with van der Waals surface area (Å²) in [6.07, 6.45) is 1.15. The number of anilines is 1. The number of nitriles is 1. The van der Waals surface area contributed by atoms with Gasteiger partial charge in [0.05, 0.1) is 5.56 Å². The molecular formula is C12H17N3. The molecule has 0 amide bonds. The molecule has 2 N–H and O–H groups in total. The van der Waals surface area contributed by atoms with Crippen LogP contribution in [0.3, 0.4) is 0 Å². The van der Waals surface area contributed by atoms with Gasteiger partial charge in [0.25, 0.3) is 0 Å². The largest absolute Gasteiger partial charge is 0.384 e. The van der Waals surface area contributed by atoms with Gasteiger partial charge in [0.15, 0.2) is 0 Å². The molecule has 1 saturated carbocycles. The van der Waals surface area contributed by atoms with Crippen LogP contribution in [0.15, 0.2) is 0 Å². The van der Waals surface area contributed by atoms with E-state index in [1.807, 2.05) is 13.8 Å². The fourth-order valence-corrected chi connectivity index (χ4v) is 2.28. The lowest BCUT2D eigenvalue weighted by molar-refractivity contribution is 0.539. The van der Waals surface area contributed by atoms with Crippen molar-refractivity contribution < 1.29 is 0 Å². The molecule has 0 spiro atoms. The quantitative estimate of drug-likeness (QED) is 0.762. The number of aromatic nitrogens is 1. The van der Waals surface area contributed by atoms with Gasteiger partial charge < -0.3 is 10.3 Å². The maximum Gasteiger partial charge on any atom is 0.122 e. The van der Waals surface area contributed by atoms with Crippen LogP contribution in [0.1, 0.15) is 43.1 Å². The third-order valence-corrected chi connectivity index (χ3v) is 3.68. The summed E-state index contributed by atoms with van der Waals surface area (Å²) in [7, 11) is 0. The van der Waals surface area contributed by atoms with Crippen LogP contribution in [-0.2, 0) is 0 Å². The van der Waals surface area contributed by atoms with Crippen LogP contribution >= 0.6 is 0 Å². The number of nitrogens with two attached hydrogens (primary N) is 1. The number of hydrogen-bond acceptors (Lipinski definition) is 2. The highest BCUT2D eigenvalue weighted by atomic mass is 15.1. The Morgan fingerprint density at radius 3 is 2.33 bits per heavy atom. The van der Waals surface area contributed by atoms with Gasteiger partial charge in [-0.05, 0) is 31.2 Å². The Bertz CT molecular complexity index is 460. The molecule has 3 nitrogen and oxygen atoms in total. The van der Waals surface area contributed by atoms with Crippen LogP contribution in [0, 0.1) is 30.6 Å². The summed E-state index contributed by atoms with van der Waals surface area (Å²) in [4.78, 5) is 0. The Labute approximate surface area is 90.5 Å². The van der Waals surface area contributed by atoms with Crippen LogP contribution in [0.2, 0.25) is 0 Å². The van der Waals surface area contributed by atoms with E-state index in [4.69, 9.17) is 11.0 Å². The summed E-state index contributed by atoms with van der Waals surface area (Å²) in [5, 5.41) is 9.03. The van der Waals surface area contributed by atoms with Gasteiger partial charge in [-0.1, -0.05) is 13.8 Å². The minimum Gasteiger partial charge on any atom is -0.384 e. The van der Waals surface area contributed by atoms with Gasteiger partial charge in [0.2, 0.25) is 0 Å². The molecule has 1 aromatic heterocycles. The number of nitrogen functional groups attached to an aromatic ring is 1. The molecule has 1 aliphatic carbocycles. The summed E-state index contributed by atoms with van der Waals surface area (Å²) in [6, 6.07) is 2.66. The average molecular weight is 203 g/mol. The van der Waals surface area contributed by atoms with E-state index in [2.05, 4.69) is 24.5 Å². The Morgan fingerprint density at radius 2 is 2.00 bits per heavy atom. The third kappa shape index (κ3) is 1.25. The predicted molar refractivity (Wildman–Crippen MR) is 60.5 cm³/mol. The van der Waals surface area contributed by atoms with E-state index in [9.17, 15) is 0 Å². The summed E-state index contributed by atoms with van der Waals surface area (Å²) in [5.74, 6) is 0.642. The normalized spacial score (nSPS) is 22.5. The molecule has 0 bridgehead atoms. The Kier molecular flexibility index (Phi) is 1.88. The van der Waals surface area contributed by atoms with Crippen molar-refractivity contribution in [2.75, 3.05) is 5.73 Å². The minimum absolute atomic E-state index is 0.330. The fourth-order valence-electron chi connectivity index (χ4n) is 2.28. The van der Waals surface area contributed by atoms with Gasteiger partial charge in [-0.2, -0.15) is 5.26 Å². The van der Waals surface area contributed by atoms with Crippen molar-refractivity contribution in [3.63, 3.8) is 0 Å². The van der Waals surface area contributed by atoms with E-state index >= 15 is 0 Å². The first kappa shape index (κ1) is 10.1. The smallest absolute Gasteiger partial charge is 0.122 e. The highest BCUT2D eigenvalue weighted by Gasteiger charge is 2.48. The molecule has 1 heterocycles. The zero-order valence-corrected chi connectivity index (χ0v) is 9.76. The van der Waals surface area contributed by atoms with Crippen molar-refractivity contribution in [3.05, 3.63) is 16.8 Å². The van der Waals surface area contributed by atoms with Gasteiger partial charge in [-0.25, -0.2) is 0 Å². The van der Waals surface area contributed by atoms with Crippen LogP contribution < -0.4 is 5.73 Å². The molecule has 0 aliphatic heterocycles. The average Bonchev–Trinajstić information content (AvgIpc) is 2.69. The van der Waals surface area contributed by atoms with Crippen LogP contribution in [-0.4, -0.2) is 4.57 Å². The molecule has 1 aromatic rings. The first-order valence-electron chi connectivity index (χ1n) is 5.27. The monoisotopic (exact) mass is 203 g/mol. The topological polar surface area (TPSA) is 54.7 Å². The lowest BCUT2D eigenvalue weighted by atomic mass is 10.2. The standard InChI is InChI=1S/C12H17N3/c1-7-8(2)15(10-5-12(10,3)4)11(14)9(7)6-13/h10H,5,14H2,1-4H3. The van der Waals surface area contributed by atoms with Gasteiger partial charge in [-0.15, -0.1) is 0 Å². The van der Waals surface area contributed by atoms with Gasteiger partial charge >= 0.3 is 0 Å². The Balaban J connectivity index is 2.55. The van der Waals surface area contributed by atoms with E-state index in [1.165, 1.54) is 0 Å². The Hall–Kier alpha value is -1.43. The minimum atomic E-state index is 0.330. The van der Waals surface area contributed by atoms with Gasteiger partial charge in [-0.3, -0.25) is 0 Å². The molecule has 1 unspecified atom stereocenters. The molecule has 0 saturated heterocycles.